The summed E-state index contributed by atoms with van der Waals surface area (Å²) in [6, 6.07) is 18.0. The normalized spacial score (nSPS) is 11.4. The Morgan fingerprint density at radius 1 is 0.979 bits per heavy atom. The molecule has 12 heteroatoms. The number of benzene rings is 3. The lowest BCUT2D eigenvalue weighted by Gasteiger charge is -2.12. The molecule has 3 aromatic carbocycles. The first-order chi connectivity index (χ1) is 22.6. The average molecular weight is 650 g/mol. The highest BCUT2D eigenvalue weighted by molar-refractivity contribution is 7.90. The zero-order valence-corrected chi connectivity index (χ0v) is 26.0. The van der Waals surface area contributed by atoms with Crippen LogP contribution in [0, 0.1) is 24.6 Å². The van der Waals surface area contributed by atoms with Gasteiger partial charge in [-0.15, -0.1) is 0 Å². The standard InChI is InChI=1S/C35H28FN5O5S/c1-23-39-31-18-26(5-10-30(31)35(44)41(23)16-17-42)22-47(45,46)32-11-7-28(20-27(32)6-2-24-3-8-29(36)9-4-24)34(43)38-21-25-12-14-40-15-13-37-33(40)19-25/h3-5,7-15,18-20,42H,16-17,21-22H2,1H3,(H,38,43). The number of imidazole rings is 1. The van der Waals surface area contributed by atoms with Crippen LogP contribution in [0.3, 0.4) is 0 Å². The van der Waals surface area contributed by atoms with Gasteiger partial charge in [-0.2, -0.15) is 0 Å². The van der Waals surface area contributed by atoms with Gasteiger partial charge in [0, 0.05) is 41.8 Å². The van der Waals surface area contributed by atoms with E-state index < -0.39 is 27.3 Å². The van der Waals surface area contributed by atoms with E-state index in [1.54, 1.807) is 25.3 Å². The first kappa shape index (κ1) is 31.3. The first-order valence-electron chi connectivity index (χ1n) is 14.6. The molecule has 47 heavy (non-hydrogen) atoms. The van der Waals surface area contributed by atoms with Gasteiger partial charge in [0.1, 0.15) is 17.3 Å². The SMILES string of the molecule is Cc1nc2cc(CS(=O)(=O)c3ccc(C(=O)NCc4ccn5ccnc5c4)cc3C#Cc3ccc(F)cc3)ccc2c(=O)n1CCO. The second-order valence-electron chi connectivity index (χ2n) is 10.8. The molecule has 3 aromatic heterocycles. The zero-order valence-electron chi connectivity index (χ0n) is 25.1. The molecule has 6 rings (SSSR count). The van der Waals surface area contributed by atoms with Crippen LogP contribution in [-0.4, -0.2) is 45.0 Å². The molecule has 1 amide bonds. The summed E-state index contributed by atoms with van der Waals surface area (Å²) in [7, 11) is -4.02. The van der Waals surface area contributed by atoms with Crippen LogP contribution in [-0.2, 0) is 28.7 Å². The second-order valence-corrected chi connectivity index (χ2v) is 12.8. The van der Waals surface area contributed by atoms with Crippen molar-refractivity contribution >= 4 is 32.3 Å². The molecule has 0 aliphatic carbocycles. The van der Waals surface area contributed by atoms with E-state index in [1.165, 1.54) is 53.1 Å². The number of carbonyl (C=O) groups is 1. The zero-order chi connectivity index (χ0) is 33.1. The molecule has 0 unspecified atom stereocenters. The van der Waals surface area contributed by atoms with Crippen LogP contribution in [0.2, 0.25) is 0 Å². The van der Waals surface area contributed by atoms with Crippen molar-refractivity contribution in [1.82, 2.24) is 24.3 Å². The molecule has 0 aliphatic rings. The fourth-order valence-corrected chi connectivity index (χ4v) is 6.68. The van der Waals surface area contributed by atoms with E-state index >= 15 is 0 Å². The number of aliphatic hydroxyl groups excluding tert-OH is 1. The number of rotatable bonds is 8. The lowest BCUT2D eigenvalue weighted by molar-refractivity contribution is 0.0950. The quantitative estimate of drug-likeness (QED) is 0.240. The topological polar surface area (TPSA) is 136 Å². The number of fused-ring (bicyclic) bond motifs is 2. The Morgan fingerprint density at radius 3 is 2.57 bits per heavy atom. The molecule has 0 aliphatic heterocycles. The van der Waals surface area contributed by atoms with Gasteiger partial charge < -0.3 is 14.8 Å². The van der Waals surface area contributed by atoms with Crippen LogP contribution in [0.25, 0.3) is 16.6 Å². The summed E-state index contributed by atoms with van der Waals surface area (Å²) in [5.74, 6) is 4.85. The fraction of sp³-hybridized carbons (Fsp3) is 0.143. The van der Waals surface area contributed by atoms with Crippen LogP contribution >= 0.6 is 0 Å². The van der Waals surface area contributed by atoms with E-state index in [1.807, 2.05) is 28.9 Å². The summed E-state index contributed by atoms with van der Waals surface area (Å²) in [6.07, 6.45) is 5.33. The molecule has 0 saturated carbocycles. The van der Waals surface area contributed by atoms with Crippen molar-refractivity contribution in [3.8, 4) is 11.8 Å². The Balaban J connectivity index is 1.31. The van der Waals surface area contributed by atoms with Crippen LogP contribution in [0.1, 0.15) is 38.4 Å². The van der Waals surface area contributed by atoms with Gasteiger partial charge in [0.15, 0.2) is 9.84 Å². The highest BCUT2D eigenvalue weighted by atomic mass is 32.2. The van der Waals surface area contributed by atoms with Gasteiger partial charge >= 0.3 is 0 Å². The lowest BCUT2D eigenvalue weighted by Crippen LogP contribution is -2.25. The highest BCUT2D eigenvalue weighted by Crippen LogP contribution is 2.24. The molecular formula is C35H28FN5O5S. The largest absolute Gasteiger partial charge is 0.395 e. The monoisotopic (exact) mass is 649 g/mol. The van der Waals surface area contributed by atoms with Gasteiger partial charge in [-0.1, -0.05) is 17.9 Å². The third-order valence-corrected chi connectivity index (χ3v) is 9.31. The van der Waals surface area contributed by atoms with E-state index in [2.05, 4.69) is 27.1 Å². The van der Waals surface area contributed by atoms with Crippen molar-refractivity contribution < 1.29 is 22.7 Å². The third kappa shape index (κ3) is 6.81. The van der Waals surface area contributed by atoms with Gasteiger partial charge in [-0.05, 0) is 84.8 Å². The maximum atomic E-state index is 13.8. The molecule has 3 heterocycles. The van der Waals surface area contributed by atoms with Crippen molar-refractivity contribution in [2.24, 2.45) is 0 Å². The molecule has 0 bridgehead atoms. The molecule has 236 valence electrons. The molecule has 10 nitrogen and oxygen atoms in total. The lowest BCUT2D eigenvalue weighted by atomic mass is 10.1. The minimum Gasteiger partial charge on any atom is -0.395 e. The number of nitrogens with zero attached hydrogens (tertiary/aromatic N) is 4. The molecular weight excluding hydrogens is 621 g/mol. The van der Waals surface area contributed by atoms with Gasteiger partial charge in [0.05, 0.1) is 34.7 Å². The Kier molecular flexibility index (Phi) is 8.67. The summed E-state index contributed by atoms with van der Waals surface area (Å²) in [6.45, 7) is 1.74. The van der Waals surface area contributed by atoms with Crippen molar-refractivity contribution in [2.75, 3.05) is 6.61 Å². The van der Waals surface area contributed by atoms with Gasteiger partial charge in [-0.3, -0.25) is 14.2 Å². The minimum atomic E-state index is -4.02. The van der Waals surface area contributed by atoms with Crippen LogP contribution in [0.15, 0.2) is 101 Å². The number of aromatic nitrogens is 4. The molecule has 2 N–H and O–H groups in total. The van der Waals surface area contributed by atoms with Gasteiger partial charge in [0.2, 0.25) is 0 Å². The van der Waals surface area contributed by atoms with E-state index in [0.29, 0.717) is 27.9 Å². The first-order valence-corrected chi connectivity index (χ1v) is 16.2. The van der Waals surface area contributed by atoms with E-state index in [4.69, 9.17) is 0 Å². The molecule has 6 aromatic rings. The van der Waals surface area contributed by atoms with Crippen molar-refractivity contribution in [3.63, 3.8) is 0 Å². The van der Waals surface area contributed by atoms with Crippen molar-refractivity contribution in [1.29, 1.82) is 0 Å². The maximum absolute atomic E-state index is 13.8. The predicted octanol–water partition coefficient (Wildman–Crippen LogP) is 3.79. The summed E-state index contributed by atoms with van der Waals surface area (Å²) >= 11 is 0. The fourth-order valence-electron chi connectivity index (χ4n) is 5.19. The molecule has 0 fully saturated rings. The maximum Gasteiger partial charge on any atom is 0.261 e. The number of aliphatic hydroxyl groups is 1. The third-order valence-electron chi connectivity index (χ3n) is 7.57. The van der Waals surface area contributed by atoms with E-state index in [0.717, 1.165) is 11.2 Å². The minimum absolute atomic E-state index is 0.0870. The average Bonchev–Trinajstić information content (AvgIpc) is 3.53. The van der Waals surface area contributed by atoms with Crippen molar-refractivity contribution in [2.45, 2.75) is 30.7 Å². The van der Waals surface area contributed by atoms with Crippen molar-refractivity contribution in [3.05, 3.63) is 141 Å². The molecule has 0 saturated heterocycles. The van der Waals surface area contributed by atoms with E-state index in [9.17, 15) is 27.5 Å². The summed E-state index contributed by atoms with van der Waals surface area (Å²) < 4.78 is 44.3. The number of aryl methyl sites for hydroxylation is 1. The number of hydrogen-bond donors (Lipinski definition) is 2. The van der Waals surface area contributed by atoms with E-state index in [-0.39, 0.29) is 41.3 Å². The number of hydrogen-bond acceptors (Lipinski definition) is 7. The number of carbonyl (C=O) groups excluding carboxylic acids is 1. The highest BCUT2D eigenvalue weighted by Gasteiger charge is 2.22. The molecule has 0 atom stereocenters. The van der Waals surface area contributed by atoms with Gasteiger partial charge in [0.25, 0.3) is 11.5 Å². The van der Waals surface area contributed by atoms with Crippen LogP contribution in [0.5, 0.6) is 0 Å². The van der Waals surface area contributed by atoms with Crippen LogP contribution < -0.4 is 10.9 Å². The van der Waals surface area contributed by atoms with Gasteiger partial charge in [-0.25, -0.2) is 22.8 Å². The Morgan fingerprint density at radius 2 is 1.79 bits per heavy atom. The summed E-state index contributed by atoms with van der Waals surface area (Å²) in [5.41, 5.74) is 2.75. The number of halogens is 1. The molecule has 0 spiro atoms. The Hall–Kier alpha value is -5.64. The Bertz CT molecular complexity index is 2390. The summed E-state index contributed by atoms with van der Waals surface area (Å²) in [5, 5.41) is 12.5. The number of pyridine rings is 1. The number of sulfone groups is 1. The predicted molar refractivity (Wildman–Crippen MR) is 174 cm³/mol. The second kappa shape index (κ2) is 13.0. The van der Waals surface area contributed by atoms with Crippen LogP contribution in [0.4, 0.5) is 4.39 Å². The molecule has 0 radical (unpaired) electrons. The summed E-state index contributed by atoms with van der Waals surface area (Å²) in [4.78, 5) is 34.7. The number of amides is 1. The smallest absolute Gasteiger partial charge is 0.261 e. The Labute approximate surface area is 269 Å². The number of nitrogens with one attached hydrogen (secondary N) is 1.